The van der Waals surface area contributed by atoms with E-state index in [1.54, 1.807) is 0 Å². The van der Waals surface area contributed by atoms with Gasteiger partial charge in [-0.1, -0.05) is 363 Å². The number of aliphatic hydroxyl groups excluding tert-OH is 2. The number of unbranched alkanes of at least 4 members (excludes halogenated alkanes) is 28. The highest BCUT2D eigenvalue weighted by Gasteiger charge is 2.29. The second-order valence-corrected chi connectivity index (χ2v) is 32.2. The molecule has 115 heavy (non-hydrogen) atoms. The van der Waals surface area contributed by atoms with Gasteiger partial charge in [0.15, 0.2) is 6.10 Å². The van der Waals surface area contributed by atoms with Gasteiger partial charge in [0.05, 0.1) is 26.4 Å². The van der Waals surface area contributed by atoms with Crippen molar-refractivity contribution in [3.8, 4) is 0 Å². The van der Waals surface area contributed by atoms with E-state index < -0.39 is 91.5 Å². The molecule has 0 heterocycles. The number of ether oxygens (including phenoxy) is 3. The molecule has 0 aliphatic heterocycles. The molecule has 5 unspecified atom stereocenters. The smallest absolute Gasteiger partial charge is 0.463 e. The lowest BCUT2D eigenvalue weighted by Crippen LogP contribution is -2.29. The van der Waals surface area contributed by atoms with Gasteiger partial charge < -0.3 is 34.2 Å². The zero-order valence-electron chi connectivity index (χ0n) is 71.9. The number of hydrogen-bond acceptors (Lipinski definition) is 14. The molecule has 0 amide bonds. The average molecular weight is 1640 g/mol. The van der Waals surface area contributed by atoms with Crippen LogP contribution in [0.15, 0.2) is 194 Å². The predicted octanol–water partition coefficient (Wildman–Crippen LogP) is 27.4. The number of carbonyl (C=O) groups is 3. The molecule has 0 aromatic rings. The Bertz CT molecular complexity index is 2870. The van der Waals surface area contributed by atoms with Gasteiger partial charge in [-0.25, -0.2) is 9.13 Å². The summed E-state index contributed by atoms with van der Waals surface area (Å²) in [5.41, 5.74) is 0. The minimum atomic E-state index is -4.97. The average Bonchev–Trinajstić information content (AvgIpc) is 0.896. The lowest BCUT2D eigenvalue weighted by molar-refractivity contribution is -0.161. The van der Waals surface area contributed by atoms with Crippen LogP contribution in [0.25, 0.3) is 0 Å². The van der Waals surface area contributed by atoms with Crippen molar-refractivity contribution in [1.29, 1.82) is 0 Å². The summed E-state index contributed by atoms with van der Waals surface area (Å²) in [4.78, 5) is 58.9. The van der Waals surface area contributed by atoms with Crippen LogP contribution in [0.1, 0.15) is 342 Å². The number of allylic oxidation sites excluding steroid dienone is 32. The SMILES string of the molecule is CC/C=C\C/C=C\C/C=C\C/C=C\C/C=C\C/C=C\CCCCCCCCCCCCCCC(=O)OCC(O)COP(=O)(O)OCC(O)COP(=O)(O)OCC(COC(=O)CCCCCCCCCCCCCCC/C=C\C/C=C\C/C=C\C/C=C\CCCCC)OC(=O)CC/C=C\C/C=C\C/C=C\C/C=C\C/C=C\C/C=C\CC. The molecular formula is C97H160O16P2. The number of phosphoric acid groups is 2. The minimum Gasteiger partial charge on any atom is -0.463 e. The van der Waals surface area contributed by atoms with E-state index in [4.69, 9.17) is 32.3 Å². The highest BCUT2D eigenvalue weighted by atomic mass is 31.2. The van der Waals surface area contributed by atoms with Crippen LogP contribution >= 0.6 is 15.6 Å². The standard InChI is InChI=1S/C97H160O16P2/c1-4-7-10-13-16-19-22-25-28-31-34-36-38-40-42-44-45-47-49-50-52-54-57-59-62-65-68-71-74-77-80-83-95(100)107-86-92(98)87-109-114(103,104)110-88-93(99)89-111-115(105,106)112-91-94(113-97(102)85-82-79-76-73-70-67-64-61-56-33-30-27-24-21-18-15-12-9-6-3)90-108-96(101)84-81-78-75-72-69-66-63-60-58-55-53-51-48-46-43-41-39-37-35-32-29-26-23-20-17-14-11-8-5-2/h7,9-10,12,16-21,25-30,34-37,40-43,45,47,56,61,67,70,76,79,92-94,98-99H,4-6,8,11,13-15,22-24,31-33,38-39,44,46,48-55,57-60,62-66,68-69,71-75,77-78,80-91H2,1-3H3,(H,103,104)(H,105,106)/b10-7-,12-9-,19-16-,20-17-,21-18-,28-25-,29-26-,30-27-,36-34-,37-35-,42-40-,43-41-,47-45-,61-56-,70-67-,79-76-. The third-order valence-electron chi connectivity index (χ3n) is 18.3. The maximum atomic E-state index is 13.0. The summed E-state index contributed by atoms with van der Waals surface area (Å²) in [5, 5.41) is 20.7. The summed E-state index contributed by atoms with van der Waals surface area (Å²) in [6.07, 6.45) is 116. The molecule has 0 aliphatic carbocycles. The Labute approximate surface area is 699 Å². The molecular weight excluding hydrogens is 1480 g/mol. The van der Waals surface area contributed by atoms with Crippen LogP contribution in [0.5, 0.6) is 0 Å². The zero-order chi connectivity index (χ0) is 83.6. The fraction of sp³-hybridized carbons (Fsp3) is 0.639. The van der Waals surface area contributed by atoms with Crippen LogP contribution in [0.3, 0.4) is 0 Å². The molecule has 0 aliphatic rings. The van der Waals surface area contributed by atoms with Gasteiger partial charge in [0.2, 0.25) is 0 Å². The quantitative estimate of drug-likeness (QED) is 0.0146. The van der Waals surface area contributed by atoms with Crippen molar-refractivity contribution in [1.82, 2.24) is 0 Å². The summed E-state index contributed by atoms with van der Waals surface area (Å²) in [7, 11) is -9.84. The van der Waals surface area contributed by atoms with Gasteiger partial charge in [-0.2, -0.15) is 0 Å². The molecule has 5 atom stereocenters. The third kappa shape index (κ3) is 89.0. The van der Waals surface area contributed by atoms with Crippen LogP contribution in [-0.4, -0.2) is 95.9 Å². The van der Waals surface area contributed by atoms with Crippen LogP contribution < -0.4 is 0 Å². The first kappa shape index (κ1) is 109. The second-order valence-electron chi connectivity index (χ2n) is 29.3. The summed E-state index contributed by atoms with van der Waals surface area (Å²) in [6.45, 7) is 2.35. The van der Waals surface area contributed by atoms with Crippen molar-refractivity contribution in [2.45, 2.75) is 360 Å². The van der Waals surface area contributed by atoms with E-state index in [0.29, 0.717) is 25.7 Å². The highest BCUT2D eigenvalue weighted by Crippen LogP contribution is 2.45. The number of phosphoric ester groups is 2. The third-order valence-corrected chi connectivity index (χ3v) is 20.2. The van der Waals surface area contributed by atoms with Crippen LogP contribution in [-0.2, 0) is 55.8 Å². The molecule has 0 bridgehead atoms. The number of rotatable bonds is 83. The van der Waals surface area contributed by atoms with Gasteiger partial charge >= 0.3 is 33.6 Å². The van der Waals surface area contributed by atoms with E-state index in [1.165, 1.54) is 128 Å². The number of esters is 3. The van der Waals surface area contributed by atoms with Crippen molar-refractivity contribution >= 4 is 33.6 Å². The van der Waals surface area contributed by atoms with Crippen molar-refractivity contribution in [3.05, 3.63) is 194 Å². The molecule has 4 N–H and O–H groups in total. The van der Waals surface area contributed by atoms with E-state index in [2.05, 4.69) is 197 Å². The Kier molecular flexibility index (Phi) is 83.4. The fourth-order valence-corrected chi connectivity index (χ4v) is 13.2. The maximum Gasteiger partial charge on any atom is 0.472 e. The first-order valence-corrected chi connectivity index (χ1v) is 47.7. The molecule has 0 saturated carbocycles. The Balaban J connectivity index is 4.62. The largest absolute Gasteiger partial charge is 0.472 e. The highest BCUT2D eigenvalue weighted by molar-refractivity contribution is 7.47. The Morgan fingerprint density at radius 3 is 0.765 bits per heavy atom. The van der Waals surface area contributed by atoms with E-state index >= 15 is 0 Å². The van der Waals surface area contributed by atoms with Crippen molar-refractivity contribution < 1.29 is 75.8 Å². The van der Waals surface area contributed by atoms with Gasteiger partial charge in [0.1, 0.15) is 25.4 Å². The predicted molar refractivity (Wildman–Crippen MR) is 481 cm³/mol. The Morgan fingerprint density at radius 2 is 0.478 bits per heavy atom. The molecule has 16 nitrogen and oxygen atoms in total. The minimum absolute atomic E-state index is 0.0264. The van der Waals surface area contributed by atoms with Crippen molar-refractivity contribution in [2.24, 2.45) is 0 Å². The number of aliphatic hydroxyl groups is 2. The van der Waals surface area contributed by atoms with Gasteiger partial charge in [-0.15, -0.1) is 0 Å². The normalized spacial score (nSPS) is 14.7. The summed E-state index contributed by atoms with van der Waals surface area (Å²) < 4.78 is 61.3. The molecule has 0 aromatic heterocycles. The summed E-state index contributed by atoms with van der Waals surface area (Å²) in [5.74, 6) is -1.68. The van der Waals surface area contributed by atoms with E-state index in [1.807, 2.05) is 18.2 Å². The molecule has 0 saturated heterocycles. The van der Waals surface area contributed by atoms with Gasteiger partial charge in [-0.3, -0.25) is 32.5 Å². The van der Waals surface area contributed by atoms with E-state index in [9.17, 15) is 43.5 Å². The topological polar surface area (TPSA) is 231 Å². The molecule has 0 fully saturated rings. The Morgan fingerprint density at radius 1 is 0.252 bits per heavy atom. The Hall–Kier alpha value is -5.61. The molecule has 0 aromatic carbocycles. The lowest BCUT2D eigenvalue weighted by Gasteiger charge is -2.21. The maximum absolute atomic E-state index is 13.0. The monoisotopic (exact) mass is 1640 g/mol. The van der Waals surface area contributed by atoms with Crippen LogP contribution in [0.2, 0.25) is 0 Å². The molecule has 18 heteroatoms. The first-order chi connectivity index (χ1) is 56.2. The number of carbonyl (C=O) groups excluding carboxylic acids is 3. The van der Waals surface area contributed by atoms with Gasteiger partial charge in [-0.05, 0) is 154 Å². The van der Waals surface area contributed by atoms with Crippen LogP contribution in [0, 0.1) is 0 Å². The van der Waals surface area contributed by atoms with Crippen molar-refractivity contribution in [2.75, 3.05) is 39.6 Å². The molecule has 0 rings (SSSR count). The summed E-state index contributed by atoms with van der Waals surface area (Å²) in [6, 6.07) is 0. The summed E-state index contributed by atoms with van der Waals surface area (Å²) >= 11 is 0. The lowest BCUT2D eigenvalue weighted by atomic mass is 10.0. The molecule has 0 radical (unpaired) electrons. The number of hydrogen-bond donors (Lipinski definition) is 4. The molecule has 654 valence electrons. The van der Waals surface area contributed by atoms with Crippen molar-refractivity contribution in [3.63, 3.8) is 0 Å². The second kappa shape index (κ2) is 87.7. The zero-order valence-corrected chi connectivity index (χ0v) is 73.7. The van der Waals surface area contributed by atoms with Gasteiger partial charge in [0, 0.05) is 19.3 Å². The van der Waals surface area contributed by atoms with Gasteiger partial charge in [0.25, 0.3) is 0 Å². The fourth-order valence-electron chi connectivity index (χ4n) is 11.6. The van der Waals surface area contributed by atoms with Crippen LogP contribution in [0.4, 0.5) is 0 Å². The van der Waals surface area contributed by atoms with E-state index in [-0.39, 0.29) is 19.3 Å². The first-order valence-electron chi connectivity index (χ1n) is 44.7. The molecule has 0 spiro atoms. The van der Waals surface area contributed by atoms with E-state index in [0.717, 1.165) is 148 Å².